The molecule has 20 heavy (non-hydrogen) atoms. The quantitative estimate of drug-likeness (QED) is 0.839. The maximum absolute atomic E-state index is 12.3. The Hall–Kier alpha value is -0.900. The van der Waals surface area contributed by atoms with Crippen molar-refractivity contribution in [2.45, 2.75) is 71.2 Å². The van der Waals surface area contributed by atoms with E-state index in [9.17, 15) is 5.21 Å². The Morgan fingerprint density at radius 3 is 2.10 bits per heavy atom. The van der Waals surface area contributed by atoms with Crippen molar-refractivity contribution < 1.29 is 9.94 Å². The topological polar surface area (TPSA) is 32.4 Å². The van der Waals surface area contributed by atoms with Crippen molar-refractivity contribution in [1.82, 2.24) is 5.06 Å². The number of piperidine rings is 1. The number of hydroxylamine groups is 2. The minimum Gasteiger partial charge on any atom is -0.373 e. The van der Waals surface area contributed by atoms with E-state index in [1.165, 1.54) is 16.2 Å². The van der Waals surface area contributed by atoms with Crippen LogP contribution in [0.4, 0.5) is 0 Å². The summed E-state index contributed by atoms with van der Waals surface area (Å²) in [6, 6.07) is 8.42. The van der Waals surface area contributed by atoms with Crippen molar-refractivity contribution in [3.8, 4) is 0 Å². The van der Waals surface area contributed by atoms with E-state index in [0.29, 0.717) is 6.61 Å². The third kappa shape index (κ3) is 3.40. The lowest BCUT2D eigenvalue weighted by atomic mass is 9.80. The van der Waals surface area contributed by atoms with Crippen LogP contribution in [0.3, 0.4) is 0 Å². The summed E-state index contributed by atoms with van der Waals surface area (Å²) in [6.07, 6.45) is 1.71. The van der Waals surface area contributed by atoms with Crippen molar-refractivity contribution in [3.05, 3.63) is 35.4 Å². The number of nitrogens with zero attached hydrogens (tertiary/aromatic N) is 1. The van der Waals surface area contributed by atoms with Gasteiger partial charge in [-0.3, -0.25) is 0 Å². The first-order chi connectivity index (χ1) is 9.21. The molecule has 1 radical (unpaired) electrons. The van der Waals surface area contributed by atoms with Gasteiger partial charge in [-0.2, -0.15) is 0 Å². The SMILES string of the molecule is Cc1ccc(COC2CC(C)(C)N([O])C(C)(C)C2)cc1. The van der Waals surface area contributed by atoms with Gasteiger partial charge in [0.2, 0.25) is 0 Å². The molecule has 1 fully saturated rings. The van der Waals surface area contributed by atoms with Crippen LogP contribution in [0.2, 0.25) is 0 Å². The highest BCUT2D eigenvalue weighted by Gasteiger charge is 2.46. The average molecular weight is 276 g/mol. The van der Waals surface area contributed by atoms with Crippen LogP contribution >= 0.6 is 0 Å². The predicted molar refractivity (Wildman–Crippen MR) is 79.7 cm³/mol. The van der Waals surface area contributed by atoms with Crippen LogP contribution in [0.1, 0.15) is 51.7 Å². The summed E-state index contributed by atoms with van der Waals surface area (Å²) in [4.78, 5) is 0. The molecular formula is C17H26NO2. The van der Waals surface area contributed by atoms with Crippen molar-refractivity contribution >= 4 is 0 Å². The second-order valence-electron chi connectivity index (χ2n) is 7.25. The van der Waals surface area contributed by atoms with Gasteiger partial charge in [0.05, 0.1) is 12.7 Å². The lowest BCUT2D eigenvalue weighted by molar-refractivity contribution is -0.301. The summed E-state index contributed by atoms with van der Waals surface area (Å²) in [7, 11) is 0. The lowest BCUT2D eigenvalue weighted by Crippen LogP contribution is -2.59. The zero-order chi connectivity index (χ0) is 15.0. The van der Waals surface area contributed by atoms with Crippen LogP contribution in [0, 0.1) is 6.92 Å². The smallest absolute Gasteiger partial charge is 0.0720 e. The van der Waals surface area contributed by atoms with Gasteiger partial charge in [-0.25, -0.2) is 0 Å². The van der Waals surface area contributed by atoms with Crippen LogP contribution in [0.25, 0.3) is 0 Å². The number of benzene rings is 1. The Morgan fingerprint density at radius 1 is 1.10 bits per heavy atom. The molecule has 1 aliphatic heterocycles. The average Bonchev–Trinajstić information content (AvgIpc) is 2.35. The highest BCUT2D eigenvalue weighted by atomic mass is 16.5. The van der Waals surface area contributed by atoms with Gasteiger partial charge >= 0.3 is 0 Å². The summed E-state index contributed by atoms with van der Waals surface area (Å²) in [6.45, 7) is 10.7. The molecule has 0 amide bonds. The molecule has 111 valence electrons. The van der Waals surface area contributed by atoms with E-state index < -0.39 is 0 Å². The molecule has 1 aromatic rings. The van der Waals surface area contributed by atoms with Gasteiger partial charge in [-0.15, -0.1) is 10.3 Å². The molecule has 2 rings (SSSR count). The molecule has 1 aromatic carbocycles. The van der Waals surface area contributed by atoms with Crippen molar-refractivity contribution in [3.63, 3.8) is 0 Å². The van der Waals surface area contributed by atoms with E-state index in [0.717, 1.165) is 12.8 Å². The second kappa shape index (κ2) is 5.47. The minimum atomic E-state index is -0.361. The van der Waals surface area contributed by atoms with Crippen LogP contribution < -0.4 is 0 Å². The molecule has 0 N–H and O–H groups in total. The van der Waals surface area contributed by atoms with Crippen molar-refractivity contribution in [2.75, 3.05) is 0 Å². The molecule has 3 nitrogen and oxygen atoms in total. The Labute approximate surface area is 122 Å². The number of aryl methyl sites for hydroxylation is 1. The van der Waals surface area contributed by atoms with Gasteiger partial charge < -0.3 is 4.74 Å². The number of hydrogen-bond acceptors (Lipinski definition) is 2. The minimum absolute atomic E-state index is 0.145. The maximum Gasteiger partial charge on any atom is 0.0720 e. The first-order valence-electron chi connectivity index (χ1n) is 7.35. The summed E-state index contributed by atoms with van der Waals surface area (Å²) in [5.74, 6) is 0. The highest BCUT2D eigenvalue weighted by molar-refractivity contribution is 5.20. The van der Waals surface area contributed by atoms with Gasteiger partial charge in [0.1, 0.15) is 0 Å². The zero-order valence-corrected chi connectivity index (χ0v) is 13.3. The number of rotatable bonds is 3. The number of hydrogen-bond donors (Lipinski definition) is 0. The molecule has 1 heterocycles. The molecule has 0 bridgehead atoms. The van der Waals surface area contributed by atoms with Crippen molar-refractivity contribution in [1.29, 1.82) is 0 Å². The Balaban J connectivity index is 1.98. The van der Waals surface area contributed by atoms with Crippen LogP contribution in [-0.2, 0) is 16.6 Å². The Kier molecular flexibility index (Phi) is 4.24. The monoisotopic (exact) mass is 276 g/mol. The third-order valence-corrected chi connectivity index (χ3v) is 4.16. The molecule has 0 spiro atoms. The van der Waals surface area contributed by atoms with E-state index in [1.807, 2.05) is 27.7 Å². The van der Waals surface area contributed by atoms with Crippen LogP contribution in [0.5, 0.6) is 0 Å². The molecule has 3 heteroatoms. The summed E-state index contributed by atoms with van der Waals surface area (Å²) >= 11 is 0. The van der Waals surface area contributed by atoms with Gasteiger partial charge in [0.15, 0.2) is 0 Å². The Bertz CT molecular complexity index is 433. The van der Waals surface area contributed by atoms with Gasteiger partial charge in [-0.1, -0.05) is 29.8 Å². The van der Waals surface area contributed by atoms with Gasteiger partial charge in [0.25, 0.3) is 0 Å². The van der Waals surface area contributed by atoms with E-state index in [1.54, 1.807) is 0 Å². The summed E-state index contributed by atoms with van der Waals surface area (Å²) in [5, 5.41) is 13.5. The molecule has 1 aliphatic rings. The van der Waals surface area contributed by atoms with E-state index >= 15 is 0 Å². The predicted octanol–water partition coefficient (Wildman–Crippen LogP) is 3.88. The molecule has 0 saturated carbocycles. The third-order valence-electron chi connectivity index (χ3n) is 4.16. The summed E-state index contributed by atoms with van der Waals surface area (Å²) in [5.41, 5.74) is 1.73. The summed E-state index contributed by atoms with van der Waals surface area (Å²) < 4.78 is 6.06. The normalized spacial score (nSPS) is 22.9. The fourth-order valence-electron chi connectivity index (χ4n) is 3.19. The van der Waals surface area contributed by atoms with Gasteiger partial charge in [0, 0.05) is 11.1 Å². The maximum atomic E-state index is 12.3. The molecular weight excluding hydrogens is 250 g/mol. The van der Waals surface area contributed by atoms with Crippen LogP contribution in [-0.4, -0.2) is 22.2 Å². The molecule has 0 aliphatic carbocycles. The molecule has 0 unspecified atom stereocenters. The van der Waals surface area contributed by atoms with E-state index in [4.69, 9.17) is 4.74 Å². The van der Waals surface area contributed by atoms with E-state index in [-0.39, 0.29) is 17.2 Å². The fraction of sp³-hybridized carbons (Fsp3) is 0.647. The molecule has 1 saturated heterocycles. The fourth-order valence-corrected chi connectivity index (χ4v) is 3.19. The lowest BCUT2D eigenvalue weighted by Gasteiger charge is -2.49. The first-order valence-corrected chi connectivity index (χ1v) is 7.35. The second-order valence-corrected chi connectivity index (χ2v) is 7.25. The van der Waals surface area contributed by atoms with E-state index in [2.05, 4.69) is 31.2 Å². The first kappa shape index (κ1) is 15.5. The van der Waals surface area contributed by atoms with Gasteiger partial charge in [-0.05, 0) is 53.0 Å². The molecule has 0 atom stereocenters. The number of ether oxygens (including phenoxy) is 1. The standard InChI is InChI=1S/C17H26NO2/c1-13-6-8-14(9-7-13)12-20-15-10-16(2,3)18(19)17(4,5)11-15/h6-9,15H,10-12H2,1-5H3. The van der Waals surface area contributed by atoms with Crippen molar-refractivity contribution in [2.24, 2.45) is 0 Å². The van der Waals surface area contributed by atoms with Crippen LogP contribution in [0.15, 0.2) is 24.3 Å². The largest absolute Gasteiger partial charge is 0.373 e. The molecule has 0 aromatic heterocycles. The highest BCUT2D eigenvalue weighted by Crippen LogP contribution is 2.38. The zero-order valence-electron chi connectivity index (χ0n) is 13.3. The Morgan fingerprint density at radius 2 is 1.60 bits per heavy atom.